The summed E-state index contributed by atoms with van der Waals surface area (Å²) in [5.74, 6) is 2.57. The minimum absolute atomic E-state index is 0.275. The van der Waals surface area contributed by atoms with Crippen LogP contribution in [-0.4, -0.2) is 72.5 Å². The maximum Gasteiger partial charge on any atom is 0.303 e. The van der Waals surface area contributed by atoms with Crippen LogP contribution in [0.15, 0.2) is 11.6 Å². The highest BCUT2D eigenvalue weighted by Gasteiger charge is 2.59. The summed E-state index contributed by atoms with van der Waals surface area (Å²) in [6.45, 7) is 18.2. The van der Waals surface area contributed by atoms with Gasteiger partial charge in [0.2, 0.25) is 0 Å². The quantitative estimate of drug-likeness (QED) is 0.0470. The summed E-state index contributed by atoms with van der Waals surface area (Å²) in [4.78, 5) is 48.4. The fraction of sp³-hybridized carbons (Fsp3) is 0.872. The first-order chi connectivity index (χ1) is 27.4. The van der Waals surface area contributed by atoms with Crippen LogP contribution in [0.5, 0.6) is 0 Å². The van der Waals surface area contributed by atoms with Gasteiger partial charge in [0.15, 0.2) is 18.3 Å². The number of ether oxygens (including phenoxy) is 6. The van der Waals surface area contributed by atoms with Gasteiger partial charge in [-0.05, 0) is 117 Å². The van der Waals surface area contributed by atoms with Crippen molar-refractivity contribution >= 4 is 36.5 Å². The van der Waals surface area contributed by atoms with Gasteiger partial charge in [-0.25, -0.2) is 0 Å². The molecule has 58 heavy (non-hydrogen) atoms. The molecule has 0 aromatic rings. The second-order valence-electron chi connectivity index (χ2n) is 19.6. The molecule has 4 aliphatic carbocycles. The van der Waals surface area contributed by atoms with E-state index in [2.05, 4.69) is 53.3 Å². The number of thiol groups is 1. The van der Waals surface area contributed by atoms with E-state index < -0.39 is 59.8 Å². The second-order valence-corrected chi connectivity index (χ2v) is 20.1. The van der Waals surface area contributed by atoms with Crippen LogP contribution in [0.25, 0.3) is 0 Å². The van der Waals surface area contributed by atoms with E-state index in [4.69, 9.17) is 28.4 Å². The van der Waals surface area contributed by atoms with Crippen molar-refractivity contribution in [2.75, 3.05) is 6.61 Å². The molecular weight excluding hydrogens is 757 g/mol. The van der Waals surface area contributed by atoms with Crippen LogP contribution >= 0.6 is 12.6 Å². The average molecular weight is 833 g/mol. The van der Waals surface area contributed by atoms with Gasteiger partial charge in [0.25, 0.3) is 0 Å². The van der Waals surface area contributed by atoms with Gasteiger partial charge in [-0.2, -0.15) is 0 Å². The van der Waals surface area contributed by atoms with Gasteiger partial charge in [0.05, 0.1) is 6.10 Å². The SMILES string of the molecule is CC(=O)OC(CCCCCCO[C@@H]1CC[C@@]2(C)C(=CCC3C2CC[C@@]2(C)C3CC[C@@H]2[C@H](C)CCCC(C)C)C1)[C@H]1O[C@H](S)[C@@H](OC(C)=O)[C@@H](OC(C)=O)[C@@H]1OC(C)=O. The predicted molar refractivity (Wildman–Crippen MR) is 226 cm³/mol. The first-order valence-electron chi connectivity index (χ1n) is 22.8. The van der Waals surface area contributed by atoms with Crippen molar-refractivity contribution in [1.82, 2.24) is 0 Å². The lowest BCUT2D eigenvalue weighted by molar-refractivity contribution is -0.247. The van der Waals surface area contributed by atoms with Crippen LogP contribution in [0.4, 0.5) is 0 Å². The Kier molecular flexibility index (Phi) is 16.7. The predicted octanol–water partition coefficient (Wildman–Crippen LogP) is 9.74. The lowest BCUT2D eigenvalue weighted by Gasteiger charge is -2.58. The third-order valence-electron chi connectivity index (χ3n) is 15.1. The van der Waals surface area contributed by atoms with Gasteiger partial charge in [-0.15, -0.1) is 12.6 Å². The van der Waals surface area contributed by atoms with Crippen molar-refractivity contribution in [3.8, 4) is 0 Å². The largest absolute Gasteiger partial charge is 0.460 e. The van der Waals surface area contributed by atoms with E-state index >= 15 is 0 Å². The molecule has 0 amide bonds. The van der Waals surface area contributed by atoms with Crippen LogP contribution in [0.2, 0.25) is 0 Å². The van der Waals surface area contributed by atoms with Gasteiger partial charge < -0.3 is 28.4 Å². The number of hydrogen-bond donors (Lipinski definition) is 1. The molecule has 0 bridgehead atoms. The number of esters is 4. The van der Waals surface area contributed by atoms with E-state index in [1.165, 1.54) is 85.5 Å². The van der Waals surface area contributed by atoms with Crippen LogP contribution < -0.4 is 0 Å². The summed E-state index contributed by atoms with van der Waals surface area (Å²) < 4.78 is 34.8. The molecule has 5 aliphatic rings. The lowest BCUT2D eigenvalue weighted by Crippen LogP contribution is -2.63. The maximum atomic E-state index is 12.2. The van der Waals surface area contributed by atoms with Crippen molar-refractivity contribution in [2.45, 2.75) is 207 Å². The van der Waals surface area contributed by atoms with Gasteiger partial charge in [0.1, 0.15) is 17.6 Å². The fourth-order valence-electron chi connectivity index (χ4n) is 12.5. The minimum Gasteiger partial charge on any atom is -0.460 e. The molecule has 11 heteroatoms. The van der Waals surface area contributed by atoms with Crippen LogP contribution in [-0.2, 0) is 47.6 Å². The molecule has 10 nitrogen and oxygen atoms in total. The molecule has 3 saturated carbocycles. The van der Waals surface area contributed by atoms with Gasteiger partial charge >= 0.3 is 23.9 Å². The summed E-state index contributed by atoms with van der Waals surface area (Å²) >= 11 is 4.48. The highest BCUT2D eigenvalue weighted by Crippen LogP contribution is 2.67. The Morgan fingerprint density at radius 2 is 1.43 bits per heavy atom. The molecule has 0 aromatic heterocycles. The van der Waals surface area contributed by atoms with Crippen molar-refractivity contribution in [3.05, 3.63) is 11.6 Å². The van der Waals surface area contributed by atoms with Gasteiger partial charge in [-0.3, -0.25) is 19.2 Å². The first kappa shape index (κ1) is 46.9. The Labute approximate surface area is 354 Å². The minimum atomic E-state index is -1.21. The maximum absolute atomic E-state index is 12.2. The van der Waals surface area contributed by atoms with Crippen molar-refractivity contribution < 1.29 is 47.6 Å². The first-order valence-corrected chi connectivity index (χ1v) is 23.3. The Balaban J connectivity index is 1.09. The van der Waals surface area contributed by atoms with Crippen molar-refractivity contribution in [3.63, 3.8) is 0 Å². The molecule has 0 radical (unpaired) electrons. The third-order valence-corrected chi connectivity index (χ3v) is 15.6. The normalized spacial score (nSPS) is 36.7. The smallest absolute Gasteiger partial charge is 0.303 e. The van der Waals surface area contributed by atoms with E-state index in [0.29, 0.717) is 30.3 Å². The number of rotatable bonds is 18. The third kappa shape index (κ3) is 11.2. The highest BCUT2D eigenvalue weighted by atomic mass is 32.1. The molecule has 0 spiro atoms. The highest BCUT2D eigenvalue weighted by molar-refractivity contribution is 7.80. The van der Waals surface area contributed by atoms with Crippen LogP contribution in [0, 0.1) is 46.3 Å². The van der Waals surface area contributed by atoms with Crippen LogP contribution in [0.1, 0.15) is 165 Å². The zero-order valence-electron chi connectivity index (χ0n) is 37.1. The molecule has 1 saturated heterocycles. The number of fused-ring (bicyclic) bond motifs is 5. The molecular formula is C47H76O10S. The zero-order valence-corrected chi connectivity index (χ0v) is 38.0. The topological polar surface area (TPSA) is 124 Å². The Hall–Kier alpha value is -2.11. The summed E-state index contributed by atoms with van der Waals surface area (Å²) in [5, 5.41) is 0. The Morgan fingerprint density at radius 3 is 2.10 bits per heavy atom. The Bertz CT molecular complexity index is 1450. The number of allylic oxidation sites excluding steroid dienone is 1. The number of unbranched alkanes of at least 4 members (excludes halogenated alkanes) is 3. The van der Waals surface area contributed by atoms with E-state index in [1.54, 1.807) is 5.57 Å². The van der Waals surface area contributed by atoms with Crippen LogP contribution in [0.3, 0.4) is 0 Å². The molecule has 1 aliphatic heterocycles. The van der Waals surface area contributed by atoms with E-state index in [1.807, 2.05) is 0 Å². The van der Waals surface area contributed by atoms with Crippen molar-refractivity contribution in [2.24, 2.45) is 46.3 Å². The summed E-state index contributed by atoms with van der Waals surface area (Å²) in [7, 11) is 0. The van der Waals surface area contributed by atoms with Gasteiger partial charge in [0, 0.05) is 34.3 Å². The molecule has 0 N–H and O–H groups in total. The van der Waals surface area contributed by atoms with Crippen molar-refractivity contribution in [1.29, 1.82) is 0 Å². The molecule has 1 heterocycles. The van der Waals surface area contributed by atoms with E-state index in [9.17, 15) is 19.2 Å². The summed E-state index contributed by atoms with van der Waals surface area (Å²) in [5.41, 5.74) is 1.46. The van der Waals surface area contributed by atoms with E-state index in [-0.39, 0.29) is 6.10 Å². The average Bonchev–Trinajstić information content (AvgIpc) is 3.49. The lowest BCUT2D eigenvalue weighted by atomic mass is 9.47. The number of carbonyl (C=O) groups excluding carboxylic acids is 4. The summed E-state index contributed by atoms with van der Waals surface area (Å²) in [6, 6.07) is 0. The fourth-order valence-corrected chi connectivity index (χ4v) is 12.8. The standard InChI is InChI=1S/C47H76O10S/c1-28(2)15-14-16-29(3)37-20-21-38-36-19-18-34-27-35(22-24-46(34,8)39(36)23-25-47(37,38)9)52-26-13-11-10-12-17-40(53-30(4)48)41-42(54-31(5)49)43(55-32(6)50)44(45(58)57-41)56-33(7)51/h18,28-29,35-45,58H,10-17,19-27H2,1-9H3/t29-,35-,36?,37-,38?,39?,40?,41-,42-,43+,44+,45-,46+,47-/m1/s1. The number of hydrogen-bond acceptors (Lipinski definition) is 11. The molecule has 0 aromatic carbocycles. The molecule has 4 unspecified atom stereocenters. The van der Waals surface area contributed by atoms with E-state index in [0.717, 1.165) is 67.6 Å². The molecule has 5 rings (SSSR count). The van der Waals surface area contributed by atoms with Gasteiger partial charge in [-0.1, -0.05) is 78.4 Å². The summed E-state index contributed by atoms with van der Waals surface area (Å²) in [6.07, 6.45) is 15.9. The molecule has 330 valence electrons. The number of carbonyl (C=O) groups is 4. The molecule has 14 atom stereocenters. The second kappa shape index (κ2) is 20.6. The zero-order chi connectivity index (χ0) is 42.4. The molecule has 4 fully saturated rings. The monoisotopic (exact) mass is 833 g/mol. The Morgan fingerprint density at radius 1 is 0.759 bits per heavy atom.